The van der Waals surface area contributed by atoms with Crippen molar-refractivity contribution < 1.29 is 9.59 Å². The molecule has 5 heteroatoms. The zero-order valence-electron chi connectivity index (χ0n) is 16.5. The molecule has 1 saturated carbocycles. The number of nitrogens with one attached hydrogen (secondary N) is 3. The van der Waals surface area contributed by atoms with E-state index < -0.39 is 0 Å². The first kappa shape index (κ1) is 20.4. The normalized spacial score (nSPS) is 20.5. The Morgan fingerprint density at radius 3 is 2.58 bits per heavy atom. The Kier molecular flexibility index (Phi) is 7.21. The summed E-state index contributed by atoms with van der Waals surface area (Å²) in [6, 6.07) is 7.43. The van der Waals surface area contributed by atoms with Gasteiger partial charge < -0.3 is 16.0 Å². The van der Waals surface area contributed by atoms with Crippen molar-refractivity contribution in [2.24, 2.45) is 11.3 Å². The first-order valence-corrected chi connectivity index (χ1v) is 9.72. The van der Waals surface area contributed by atoms with Gasteiger partial charge in [0.05, 0.1) is 6.54 Å². The first-order chi connectivity index (χ1) is 12.3. The van der Waals surface area contributed by atoms with Gasteiger partial charge in [-0.05, 0) is 49.3 Å². The van der Waals surface area contributed by atoms with Crippen LogP contribution >= 0.6 is 0 Å². The van der Waals surface area contributed by atoms with Gasteiger partial charge in [-0.2, -0.15) is 0 Å². The fraction of sp³-hybridized carbons (Fsp3) is 0.619. The Bertz CT molecular complexity index is 622. The quantitative estimate of drug-likeness (QED) is 0.727. The van der Waals surface area contributed by atoms with Crippen molar-refractivity contribution in [2.75, 3.05) is 18.4 Å². The minimum atomic E-state index is -0.128. The Morgan fingerprint density at radius 1 is 1.15 bits per heavy atom. The molecule has 3 N–H and O–H groups in total. The van der Waals surface area contributed by atoms with Gasteiger partial charge in [0.2, 0.25) is 5.91 Å². The van der Waals surface area contributed by atoms with E-state index in [0.29, 0.717) is 36.3 Å². The van der Waals surface area contributed by atoms with Gasteiger partial charge in [0.15, 0.2) is 0 Å². The number of carbonyl (C=O) groups excluding carboxylic acids is 2. The molecule has 0 aromatic heterocycles. The van der Waals surface area contributed by atoms with E-state index in [1.54, 1.807) is 24.3 Å². The topological polar surface area (TPSA) is 70.2 Å². The van der Waals surface area contributed by atoms with Crippen LogP contribution in [-0.4, -0.2) is 30.9 Å². The second-order valence-corrected chi connectivity index (χ2v) is 8.23. The summed E-state index contributed by atoms with van der Waals surface area (Å²) in [5, 5.41) is 9.12. The molecule has 5 nitrogen and oxygen atoms in total. The largest absolute Gasteiger partial charge is 0.352 e. The van der Waals surface area contributed by atoms with Gasteiger partial charge in [-0.15, -0.1) is 0 Å². The zero-order chi connectivity index (χ0) is 19.2. The predicted molar refractivity (Wildman–Crippen MR) is 106 cm³/mol. The number of anilines is 1. The zero-order valence-corrected chi connectivity index (χ0v) is 16.5. The van der Waals surface area contributed by atoms with E-state index >= 15 is 0 Å². The standard InChI is InChI=1S/C21H33N3O2/c1-5-22-20(26)15-9-8-10-16(13-15)24-19(25)14-23-18-12-7-6-11-17(18)21(2,3)4/h8-10,13,17-18,23H,5-7,11-12,14H2,1-4H3,(H,22,26)(H,24,25). The van der Waals surface area contributed by atoms with Crippen LogP contribution < -0.4 is 16.0 Å². The summed E-state index contributed by atoms with van der Waals surface area (Å²) < 4.78 is 0. The van der Waals surface area contributed by atoms with Crippen LogP contribution in [0.15, 0.2) is 24.3 Å². The van der Waals surface area contributed by atoms with Gasteiger partial charge >= 0.3 is 0 Å². The molecule has 2 amide bonds. The molecule has 144 valence electrons. The van der Waals surface area contributed by atoms with Crippen LogP contribution in [0.5, 0.6) is 0 Å². The van der Waals surface area contributed by atoms with Gasteiger partial charge in [0.1, 0.15) is 0 Å². The third-order valence-corrected chi connectivity index (χ3v) is 5.15. The van der Waals surface area contributed by atoms with Crippen molar-refractivity contribution >= 4 is 17.5 Å². The molecular weight excluding hydrogens is 326 g/mol. The second kappa shape index (κ2) is 9.17. The highest BCUT2D eigenvalue weighted by Gasteiger charge is 2.33. The third kappa shape index (κ3) is 5.84. The lowest BCUT2D eigenvalue weighted by molar-refractivity contribution is -0.115. The average molecular weight is 360 g/mol. The molecule has 0 saturated heterocycles. The molecule has 0 aliphatic heterocycles. The summed E-state index contributed by atoms with van der Waals surface area (Å²) in [6.07, 6.45) is 4.85. The van der Waals surface area contributed by atoms with Crippen molar-refractivity contribution in [3.05, 3.63) is 29.8 Å². The molecule has 1 aliphatic rings. The number of carbonyl (C=O) groups is 2. The Morgan fingerprint density at radius 2 is 1.88 bits per heavy atom. The molecular formula is C21H33N3O2. The molecule has 2 rings (SSSR count). The Labute approximate surface area is 157 Å². The van der Waals surface area contributed by atoms with E-state index in [0.717, 1.165) is 6.42 Å². The third-order valence-electron chi connectivity index (χ3n) is 5.15. The summed E-state index contributed by atoms with van der Waals surface area (Å²) in [7, 11) is 0. The van der Waals surface area contributed by atoms with Gasteiger partial charge in [0, 0.05) is 23.8 Å². The van der Waals surface area contributed by atoms with Gasteiger partial charge in [-0.1, -0.05) is 39.7 Å². The lowest BCUT2D eigenvalue weighted by atomic mass is 9.69. The highest BCUT2D eigenvalue weighted by Crippen LogP contribution is 2.37. The maximum Gasteiger partial charge on any atom is 0.251 e. The van der Waals surface area contributed by atoms with Gasteiger partial charge in [0.25, 0.3) is 5.91 Å². The van der Waals surface area contributed by atoms with E-state index in [2.05, 4.69) is 36.7 Å². The fourth-order valence-corrected chi connectivity index (χ4v) is 3.84. The fourth-order valence-electron chi connectivity index (χ4n) is 3.84. The van der Waals surface area contributed by atoms with Crippen LogP contribution in [0.2, 0.25) is 0 Å². The minimum absolute atomic E-state index is 0.0729. The minimum Gasteiger partial charge on any atom is -0.352 e. The van der Waals surface area contributed by atoms with Crippen molar-refractivity contribution in [2.45, 2.75) is 59.4 Å². The Hall–Kier alpha value is -1.88. The van der Waals surface area contributed by atoms with Crippen LogP contribution in [0.1, 0.15) is 63.7 Å². The van der Waals surface area contributed by atoms with Crippen LogP contribution in [0, 0.1) is 11.3 Å². The summed E-state index contributed by atoms with van der Waals surface area (Å²) in [6.45, 7) is 9.60. The van der Waals surface area contributed by atoms with E-state index in [1.165, 1.54) is 19.3 Å². The lowest BCUT2D eigenvalue weighted by Gasteiger charge is -2.40. The molecule has 1 fully saturated rings. The number of benzene rings is 1. The molecule has 1 aromatic rings. The van der Waals surface area contributed by atoms with E-state index in [9.17, 15) is 9.59 Å². The molecule has 2 atom stereocenters. The first-order valence-electron chi connectivity index (χ1n) is 9.72. The van der Waals surface area contributed by atoms with Crippen molar-refractivity contribution in [1.29, 1.82) is 0 Å². The molecule has 1 aliphatic carbocycles. The maximum absolute atomic E-state index is 12.3. The summed E-state index contributed by atoms with van der Waals surface area (Å²) >= 11 is 0. The number of amides is 2. The van der Waals surface area contributed by atoms with E-state index in [1.807, 2.05) is 6.92 Å². The monoisotopic (exact) mass is 359 g/mol. The van der Waals surface area contributed by atoms with Crippen molar-refractivity contribution in [1.82, 2.24) is 10.6 Å². The van der Waals surface area contributed by atoms with E-state index in [4.69, 9.17) is 0 Å². The van der Waals surface area contributed by atoms with Gasteiger partial charge in [-0.3, -0.25) is 9.59 Å². The van der Waals surface area contributed by atoms with Gasteiger partial charge in [-0.25, -0.2) is 0 Å². The van der Waals surface area contributed by atoms with Crippen molar-refractivity contribution in [3.8, 4) is 0 Å². The molecule has 0 radical (unpaired) electrons. The molecule has 2 unspecified atom stereocenters. The average Bonchev–Trinajstić information content (AvgIpc) is 2.60. The SMILES string of the molecule is CCNC(=O)c1cccc(NC(=O)CNC2CCCCC2C(C)(C)C)c1. The van der Waals surface area contributed by atoms with Crippen molar-refractivity contribution in [3.63, 3.8) is 0 Å². The summed E-state index contributed by atoms with van der Waals surface area (Å²) in [4.78, 5) is 24.3. The number of hydrogen-bond acceptors (Lipinski definition) is 3. The Balaban J connectivity index is 1.90. The van der Waals surface area contributed by atoms with Crippen LogP contribution in [0.25, 0.3) is 0 Å². The lowest BCUT2D eigenvalue weighted by Crippen LogP contribution is -2.46. The smallest absolute Gasteiger partial charge is 0.251 e. The van der Waals surface area contributed by atoms with Crippen LogP contribution in [-0.2, 0) is 4.79 Å². The highest BCUT2D eigenvalue weighted by molar-refractivity contribution is 5.97. The highest BCUT2D eigenvalue weighted by atomic mass is 16.2. The summed E-state index contributed by atoms with van der Waals surface area (Å²) in [5.41, 5.74) is 1.45. The molecule has 1 aromatic carbocycles. The maximum atomic E-state index is 12.3. The molecule has 0 spiro atoms. The molecule has 0 heterocycles. The number of rotatable bonds is 6. The molecule has 26 heavy (non-hydrogen) atoms. The van der Waals surface area contributed by atoms with E-state index in [-0.39, 0.29) is 17.2 Å². The predicted octanol–water partition coefficient (Wildman–Crippen LogP) is 3.57. The second-order valence-electron chi connectivity index (χ2n) is 8.23. The summed E-state index contributed by atoms with van der Waals surface area (Å²) in [5.74, 6) is 0.387. The van der Waals surface area contributed by atoms with Crippen LogP contribution in [0.3, 0.4) is 0 Å². The number of hydrogen-bond donors (Lipinski definition) is 3. The van der Waals surface area contributed by atoms with Crippen LogP contribution in [0.4, 0.5) is 5.69 Å². The molecule has 0 bridgehead atoms.